The molecule has 1 aliphatic rings. The van der Waals surface area contributed by atoms with Gasteiger partial charge in [-0.05, 0) is 18.6 Å². The van der Waals surface area contributed by atoms with Gasteiger partial charge in [-0.1, -0.05) is 0 Å². The molecule has 2 rings (SSSR count). The van der Waals surface area contributed by atoms with E-state index in [4.69, 9.17) is 4.74 Å². The summed E-state index contributed by atoms with van der Waals surface area (Å²) in [5.74, 6) is -0.731. The first-order valence-electron chi connectivity index (χ1n) is 5.32. The molecular weight excluding hydrogens is 227 g/mol. The smallest absolute Gasteiger partial charge is 0.177 e. The minimum atomic E-state index is -1.23. The van der Waals surface area contributed by atoms with Gasteiger partial charge in [0.2, 0.25) is 0 Å². The molecule has 4 nitrogen and oxygen atoms in total. The summed E-state index contributed by atoms with van der Waals surface area (Å²) in [5, 5.41) is 18.6. The topological polar surface area (TPSA) is 66.8 Å². The third-order valence-corrected chi connectivity index (χ3v) is 3.11. The summed E-state index contributed by atoms with van der Waals surface area (Å²) < 4.78 is 18.3. The molecule has 0 aromatic heterocycles. The molecule has 1 aliphatic heterocycles. The number of hydrogen-bond acceptors (Lipinski definition) is 4. The zero-order chi connectivity index (χ0) is 12.5. The monoisotopic (exact) mass is 240 g/mol. The molecule has 1 heterocycles. The van der Waals surface area contributed by atoms with Crippen LogP contribution < -0.4 is 4.74 Å². The van der Waals surface area contributed by atoms with Crippen LogP contribution in [0.5, 0.6) is 5.75 Å². The highest BCUT2D eigenvalue weighted by Gasteiger charge is 2.41. The van der Waals surface area contributed by atoms with Crippen molar-refractivity contribution < 1.29 is 24.1 Å². The predicted molar refractivity (Wildman–Crippen MR) is 57.4 cm³/mol. The maximum atomic E-state index is 13.0. The van der Waals surface area contributed by atoms with Crippen molar-refractivity contribution in [1.82, 2.24) is 0 Å². The van der Waals surface area contributed by atoms with Crippen LogP contribution in [-0.2, 0) is 0 Å². The summed E-state index contributed by atoms with van der Waals surface area (Å²) in [6.07, 6.45) is 0.204. The fourth-order valence-corrected chi connectivity index (χ4v) is 1.91. The molecule has 1 aromatic carbocycles. The van der Waals surface area contributed by atoms with E-state index >= 15 is 0 Å². The number of carbonyl (C=O) groups is 1. The summed E-state index contributed by atoms with van der Waals surface area (Å²) in [6.45, 7) is -0.756. The summed E-state index contributed by atoms with van der Waals surface area (Å²) in [4.78, 5) is 12.2. The third kappa shape index (κ3) is 1.92. The standard InChI is InChI=1S/C12H13FO4/c13-8-1-2-9-10(5-8)17-4-3-12(6-14,7-15)11(9)16/h1-2,5,14-15H,3-4,6-7H2. The first kappa shape index (κ1) is 12.0. The minimum absolute atomic E-state index is 0.156. The number of carbonyl (C=O) groups excluding carboxylic acids is 1. The predicted octanol–water partition coefficient (Wildman–Crippen LogP) is 0.762. The second-order valence-electron chi connectivity index (χ2n) is 4.16. The Balaban J connectivity index is 2.50. The number of benzene rings is 1. The number of aliphatic hydroxyl groups excluding tert-OH is 2. The van der Waals surface area contributed by atoms with Crippen LogP contribution in [0.3, 0.4) is 0 Å². The van der Waals surface area contributed by atoms with Crippen molar-refractivity contribution in [2.24, 2.45) is 5.41 Å². The zero-order valence-corrected chi connectivity index (χ0v) is 9.15. The Morgan fingerprint density at radius 1 is 1.35 bits per heavy atom. The van der Waals surface area contributed by atoms with E-state index < -0.39 is 30.2 Å². The number of aliphatic hydroxyl groups is 2. The Labute approximate surface area is 97.6 Å². The normalized spacial score (nSPS) is 18.2. The quantitative estimate of drug-likeness (QED) is 0.801. The largest absolute Gasteiger partial charge is 0.493 e. The van der Waals surface area contributed by atoms with Crippen molar-refractivity contribution in [2.45, 2.75) is 6.42 Å². The Hall–Kier alpha value is -1.46. The number of ketones is 1. The molecule has 1 aromatic rings. The van der Waals surface area contributed by atoms with Crippen LogP contribution in [-0.4, -0.2) is 35.8 Å². The fourth-order valence-electron chi connectivity index (χ4n) is 1.91. The molecule has 0 radical (unpaired) electrons. The van der Waals surface area contributed by atoms with Crippen molar-refractivity contribution in [3.8, 4) is 5.75 Å². The number of rotatable bonds is 2. The maximum absolute atomic E-state index is 13.0. The van der Waals surface area contributed by atoms with Crippen LogP contribution in [0.4, 0.5) is 4.39 Å². The van der Waals surface area contributed by atoms with Crippen LogP contribution >= 0.6 is 0 Å². The molecule has 0 atom stereocenters. The van der Waals surface area contributed by atoms with E-state index in [0.717, 1.165) is 12.1 Å². The van der Waals surface area contributed by atoms with Crippen molar-refractivity contribution in [1.29, 1.82) is 0 Å². The summed E-state index contributed by atoms with van der Waals surface area (Å²) in [5.41, 5.74) is -1.03. The lowest BCUT2D eigenvalue weighted by Gasteiger charge is -2.25. The highest BCUT2D eigenvalue weighted by Crippen LogP contribution is 2.34. The van der Waals surface area contributed by atoms with Crippen LogP contribution in [0.1, 0.15) is 16.8 Å². The first-order chi connectivity index (χ1) is 8.13. The minimum Gasteiger partial charge on any atom is -0.493 e. The van der Waals surface area contributed by atoms with Crippen LogP contribution in [0, 0.1) is 11.2 Å². The van der Waals surface area contributed by atoms with E-state index in [-0.39, 0.29) is 24.3 Å². The van der Waals surface area contributed by atoms with E-state index in [1.54, 1.807) is 0 Å². The lowest BCUT2D eigenvalue weighted by atomic mass is 9.79. The molecular formula is C12H13FO4. The Kier molecular flexibility index (Phi) is 3.13. The van der Waals surface area contributed by atoms with Gasteiger partial charge in [-0.3, -0.25) is 4.79 Å². The molecule has 0 unspecified atom stereocenters. The fraction of sp³-hybridized carbons (Fsp3) is 0.417. The average Bonchev–Trinajstić information content (AvgIpc) is 2.47. The molecule has 0 aliphatic carbocycles. The molecule has 0 saturated carbocycles. The van der Waals surface area contributed by atoms with Gasteiger partial charge in [-0.15, -0.1) is 0 Å². The highest BCUT2D eigenvalue weighted by atomic mass is 19.1. The van der Waals surface area contributed by atoms with Gasteiger partial charge in [-0.2, -0.15) is 0 Å². The van der Waals surface area contributed by atoms with Crippen LogP contribution in [0.15, 0.2) is 18.2 Å². The highest BCUT2D eigenvalue weighted by molar-refractivity contribution is 6.03. The Morgan fingerprint density at radius 2 is 2.06 bits per heavy atom. The maximum Gasteiger partial charge on any atom is 0.177 e. The van der Waals surface area contributed by atoms with Gasteiger partial charge < -0.3 is 14.9 Å². The van der Waals surface area contributed by atoms with E-state index in [9.17, 15) is 19.4 Å². The lowest BCUT2D eigenvalue weighted by Crippen LogP contribution is -2.38. The summed E-state index contributed by atoms with van der Waals surface area (Å²) >= 11 is 0. The molecule has 0 fully saturated rings. The van der Waals surface area contributed by atoms with Crippen molar-refractivity contribution in [3.63, 3.8) is 0 Å². The number of fused-ring (bicyclic) bond motifs is 1. The molecule has 92 valence electrons. The second kappa shape index (κ2) is 4.43. The number of hydrogen-bond donors (Lipinski definition) is 2. The summed E-state index contributed by atoms with van der Waals surface area (Å²) in [6, 6.07) is 3.61. The zero-order valence-electron chi connectivity index (χ0n) is 9.15. The summed E-state index contributed by atoms with van der Waals surface area (Å²) in [7, 11) is 0. The lowest BCUT2D eigenvalue weighted by molar-refractivity contribution is 0.0345. The molecule has 17 heavy (non-hydrogen) atoms. The van der Waals surface area contributed by atoms with Crippen LogP contribution in [0.2, 0.25) is 0 Å². The van der Waals surface area contributed by atoms with Crippen LogP contribution in [0.25, 0.3) is 0 Å². The Morgan fingerprint density at radius 3 is 2.71 bits per heavy atom. The average molecular weight is 240 g/mol. The number of ether oxygens (including phenoxy) is 1. The number of halogens is 1. The van der Waals surface area contributed by atoms with E-state index in [1.165, 1.54) is 6.07 Å². The van der Waals surface area contributed by atoms with Crippen molar-refractivity contribution in [3.05, 3.63) is 29.6 Å². The van der Waals surface area contributed by atoms with Gasteiger partial charge in [0.05, 0.1) is 30.8 Å². The van der Waals surface area contributed by atoms with Gasteiger partial charge in [0.15, 0.2) is 5.78 Å². The molecule has 0 saturated heterocycles. The van der Waals surface area contributed by atoms with Gasteiger partial charge in [-0.25, -0.2) is 4.39 Å². The van der Waals surface area contributed by atoms with Gasteiger partial charge in [0.25, 0.3) is 0 Å². The molecule has 0 bridgehead atoms. The van der Waals surface area contributed by atoms with E-state index in [0.29, 0.717) is 0 Å². The van der Waals surface area contributed by atoms with E-state index in [1.807, 2.05) is 0 Å². The first-order valence-corrected chi connectivity index (χ1v) is 5.32. The van der Waals surface area contributed by atoms with Gasteiger partial charge in [0, 0.05) is 6.07 Å². The molecule has 2 N–H and O–H groups in total. The van der Waals surface area contributed by atoms with Crippen molar-refractivity contribution in [2.75, 3.05) is 19.8 Å². The second-order valence-corrected chi connectivity index (χ2v) is 4.16. The van der Waals surface area contributed by atoms with E-state index in [2.05, 4.69) is 0 Å². The third-order valence-electron chi connectivity index (χ3n) is 3.11. The molecule has 0 spiro atoms. The van der Waals surface area contributed by atoms with Gasteiger partial charge >= 0.3 is 0 Å². The van der Waals surface area contributed by atoms with Crippen molar-refractivity contribution >= 4 is 5.78 Å². The number of Topliss-reactive ketones (excluding diaryl/α,β-unsaturated/α-hetero) is 1. The molecule has 0 amide bonds. The Bertz CT molecular complexity index is 440. The SMILES string of the molecule is O=C1c2ccc(F)cc2OCCC1(CO)CO. The molecule has 5 heteroatoms. The van der Waals surface area contributed by atoms with Gasteiger partial charge in [0.1, 0.15) is 11.6 Å².